The van der Waals surface area contributed by atoms with Crippen molar-refractivity contribution in [3.63, 3.8) is 0 Å². The molecule has 3 heteroatoms. The fourth-order valence-electron chi connectivity index (χ4n) is 2.62. The zero-order valence-electron chi connectivity index (χ0n) is 12.0. The molecule has 0 aliphatic heterocycles. The number of hydrogen-bond acceptors (Lipinski definition) is 2. The Bertz CT molecular complexity index is 505. The number of nitrogens with zero attached hydrogens (tertiary/aromatic N) is 1. The predicted octanol–water partition coefficient (Wildman–Crippen LogP) is 3.60. The van der Waals surface area contributed by atoms with Crippen LogP contribution in [0.25, 0.3) is 0 Å². The van der Waals surface area contributed by atoms with Crippen molar-refractivity contribution in [1.29, 1.82) is 0 Å². The Morgan fingerprint density at radius 2 is 2.16 bits per heavy atom. The van der Waals surface area contributed by atoms with Gasteiger partial charge in [-0.25, -0.2) is 5.43 Å². The maximum Gasteiger partial charge on any atom is 0.271 e. The van der Waals surface area contributed by atoms with Gasteiger partial charge in [-0.2, -0.15) is 5.10 Å². The quantitative estimate of drug-likeness (QED) is 0.809. The van der Waals surface area contributed by atoms with Crippen LogP contribution < -0.4 is 5.43 Å². The van der Waals surface area contributed by atoms with E-state index in [2.05, 4.69) is 17.5 Å². The van der Waals surface area contributed by atoms with E-state index in [1.165, 1.54) is 18.4 Å². The first-order chi connectivity index (χ1) is 9.06. The number of amides is 1. The van der Waals surface area contributed by atoms with Gasteiger partial charge in [0.15, 0.2) is 0 Å². The first kappa shape index (κ1) is 13.8. The van der Waals surface area contributed by atoms with Gasteiger partial charge in [0.1, 0.15) is 0 Å². The van der Waals surface area contributed by atoms with Gasteiger partial charge in [0.25, 0.3) is 5.91 Å². The van der Waals surface area contributed by atoms with Crippen LogP contribution in [-0.4, -0.2) is 11.6 Å². The predicted molar refractivity (Wildman–Crippen MR) is 78.4 cm³/mol. The highest BCUT2D eigenvalue weighted by atomic mass is 16.2. The van der Waals surface area contributed by atoms with E-state index in [-0.39, 0.29) is 5.91 Å². The van der Waals surface area contributed by atoms with E-state index in [9.17, 15) is 4.79 Å². The summed E-state index contributed by atoms with van der Waals surface area (Å²) in [5.41, 5.74) is 6.69. The van der Waals surface area contributed by atoms with Crippen molar-refractivity contribution < 1.29 is 4.79 Å². The number of hydrazone groups is 1. The van der Waals surface area contributed by atoms with Crippen LogP contribution in [0, 0.1) is 19.8 Å². The zero-order chi connectivity index (χ0) is 13.8. The minimum Gasteiger partial charge on any atom is -0.267 e. The van der Waals surface area contributed by atoms with Crippen LogP contribution in [0.4, 0.5) is 0 Å². The summed E-state index contributed by atoms with van der Waals surface area (Å²) in [4.78, 5) is 12.1. The van der Waals surface area contributed by atoms with Gasteiger partial charge in [-0.05, 0) is 57.1 Å². The molecule has 2 rings (SSSR count). The number of nitrogens with one attached hydrogen (secondary N) is 1. The Labute approximate surface area is 115 Å². The van der Waals surface area contributed by atoms with Gasteiger partial charge >= 0.3 is 0 Å². The SMILES string of the molecule is Cc1ccc(C(=O)N/N=C2/CCC[C@H](C)C2)c(C)c1. The number of carbonyl (C=O) groups is 1. The van der Waals surface area contributed by atoms with Crippen molar-refractivity contribution in [2.45, 2.75) is 46.5 Å². The molecule has 0 unspecified atom stereocenters. The molecule has 1 fully saturated rings. The van der Waals surface area contributed by atoms with Gasteiger partial charge < -0.3 is 0 Å². The van der Waals surface area contributed by atoms with E-state index in [0.717, 1.165) is 24.1 Å². The molecule has 1 atom stereocenters. The third kappa shape index (κ3) is 3.66. The number of rotatable bonds is 2. The lowest BCUT2D eigenvalue weighted by Crippen LogP contribution is -2.22. The molecule has 1 saturated carbocycles. The van der Waals surface area contributed by atoms with Gasteiger partial charge in [0.2, 0.25) is 0 Å². The third-order valence-corrected chi connectivity index (χ3v) is 3.69. The lowest BCUT2D eigenvalue weighted by atomic mass is 9.89. The monoisotopic (exact) mass is 258 g/mol. The van der Waals surface area contributed by atoms with Gasteiger partial charge in [-0.3, -0.25) is 4.79 Å². The Balaban J connectivity index is 2.03. The Hall–Kier alpha value is -1.64. The number of aryl methyl sites for hydroxylation is 2. The van der Waals surface area contributed by atoms with Gasteiger partial charge in [-0.1, -0.05) is 24.6 Å². The molecule has 102 valence electrons. The molecular weight excluding hydrogens is 236 g/mol. The molecule has 0 saturated heterocycles. The van der Waals surface area contributed by atoms with E-state index >= 15 is 0 Å². The first-order valence-electron chi connectivity index (χ1n) is 6.99. The standard InChI is InChI=1S/C16H22N2O/c1-11-5-4-6-14(10-11)17-18-16(19)15-8-7-12(2)9-13(15)3/h7-9,11H,4-6,10H2,1-3H3,(H,18,19)/b17-14-/t11-/m0/s1. The molecule has 1 aromatic carbocycles. The Morgan fingerprint density at radius 3 is 2.84 bits per heavy atom. The molecule has 0 aromatic heterocycles. The molecule has 1 aromatic rings. The van der Waals surface area contributed by atoms with Crippen LogP contribution in [0.15, 0.2) is 23.3 Å². The van der Waals surface area contributed by atoms with E-state index < -0.39 is 0 Å². The lowest BCUT2D eigenvalue weighted by molar-refractivity contribution is 0.0954. The molecule has 0 spiro atoms. The van der Waals surface area contributed by atoms with Gasteiger partial charge in [0.05, 0.1) is 0 Å². The van der Waals surface area contributed by atoms with Crippen molar-refractivity contribution in [3.8, 4) is 0 Å². The maximum atomic E-state index is 12.1. The molecule has 19 heavy (non-hydrogen) atoms. The highest BCUT2D eigenvalue weighted by Crippen LogP contribution is 2.21. The maximum absolute atomic E-state index is 12.1. The molecule has 1 aliphatic carbocycles. The van der Waals surface area contributed by atoms with Crippen molar-refractivity contribution in [3.05, 3.63) is 34.9 Å². The average molecular weight is 258 g/mol. The Morgan fingerprint density at radius 1 is 1.37 bits per heavy atom. The zero-order valence-corrected chi connectivity index (χ0v) is 12.0. The van der Waals surface area contributed by atoms with E-state index in [1.807, 2.05) is 32.0 Å². The summed E-state index contributed by atoms with van der Waals surface area (Å²) in [5, 5.41) is 4.29. The summed E-state index contributed by atoms with van der Waals surface area (Å²) in [5.74, 6) is 0.578. The van der Waals surface area contributed by atoms with Crippen LogP contribution in [0.2, 0.25) is 0 Å². The highest BCUT2D eigenvalue weighted by Gasteiger charge is 2.15. The van der Waals surface area contributed by atoms with Crippen LogP contribution in [0.1, 0.15) is 54.1 Å². The van der Waals surface area contributed by atoms with Gasteiger partial charge in [0, 0.05) is 11.3 Å². The summed E-state index contributed by atoms with van der Waals surface area (Å²) >= 11 is 0. The molecule has 0 bridgehead atoms. The van der Waals surface area contributed by atoms with Gasteiger partial charge in [-0.15, -0.1) is 0 Å². The summed E-state index contributed by atoms with van der Waals surface area (Å²) in [6.45, 7) is 6.22. The van der Waals surface area contributed by atoms with Crippen molar-refractivity contribution in [2.24, 2.45) is 11.0 Å². The topological polar surface area (TPSA) is 41.5 Å². The third-order valence-electron chi connectivity index (χ3n) is 3.69. The van der Waals surface area contributed by atoms with E-state index in [0.29, 0.717) is 11.5 Å². The van der Waals surface area contributed by atoms with Crippen LogP contribution in [-0.2, 0) is 0 Å². The molecule has 0 radical (unpaired) electrons. The fraction of sp³-hybridized carbons (Fsp3) is 0.500. The van der Waals surface area contributed by atoms with Crippen LogP contribution >= 0.6 is 0 Å². The van der Waals surface area contributed by atoms with E-state index in [1.54, 1.807) is 0 Å². The highest BCUT2D eigenvalue weighted by molar-refractivity contribution is 5.96. The first-order valence-corrected chi connectivity index (χ1v) is 6.99. The number of carbonyl (C=O) groups excluding carboxylic acids is 1. The minimum atomic E-state index is -0.108. The normalized spacial score (nSPS) is 21.4. The molecule has 0 heterocycles. The molecular formula is C16H22N2O. The molecule has 1 aliphatic rings. The summed E-state index contributed by atoms with van der Waals surface area (Å²) in [6, 6.07) is 5.84. The van der Waals surface area contributed by atoms with E-state index in [4.69, 9.17) is 0 Å². The number of hydrogen-bond donors (Lipinski definition) is 1. The van der Waals surface area contributed by atoms with Crippen molar-refractivity contribution in [2.75, 3.05) is 0 Å². The largest absolute Gasteiger partial charge is 0.271 e. The van der Waals surface area contributed by atoms with Crippen molar-refractivity contribution >= 4 is 11.6 Å². The fourth-order valence-corrected chi connectivity index (χ4v) is 2.62. The molecule has 1 amide bonds. The lowest BCUT2D eigenvalue weighted by Gasteiger charge is -2.19. The minimum absolute atomic E-state index is 0.108. The van der Waals surface area contributed by atoms with Crippen LogP contribution in [0.3, 0.4) is 0 Å². The second kappa shape index (κ2) is 6.00. The molecule has 1 N–H and O–H groups in total. The second-order valence-corrected chi connectivity index (χ2v) is 5.64. The summed E-state index contributed by atoms with van der Waals surface area (Å²) in [6.07, 6.45) is 4.47. The Kier molecular flexibility index (Phi) is 4.35. The summed E-state index contributed by atoms with van der Waals surface area (Å²) < 4.78 is 0. The summed E-state index contributed by atoms with van der Waals surface area (Å²) in [7, 11) is 0. The van der Waals surface area contributed by atoms with Crippen LogP contribution in [0.5, 0.6) is 0 Å². The average Bonchev–Trinajstić information content (AvgIpc) is 2.36. The number of benzene rings is 1. The molecule has 3 nitrogen and oxygen atoms in total. The van der Waals surface area contributed by atoms with Crippen molar-refractivity contribution in [1.82, 2.24) is 5.43 Å². The smallest absolute Gasteiger partial charge is 0.267 e. The second-order valence-electron chi connectivity index (χ2n) is 5.64.